The Kier molecular flexibility index (Phi) is 2.86. The van der Waals surface area contributed by atoms with Gasteiger partial charge in [0.25, 0.3) is 0 Å². The minimum Gasteiger partial charge on any atom is -0.328 e. The number of aromatic nitrogens is 2. The predicted molar refractivity (Wildman–Crippen MR) is 70.7 cm³/mol. The normalized spacial score (nSPS) is 11.9. The molecule has 0 unspecified atom stereocenters. The number of hydrogen-bond acceptors (Lipinski definition) is 3. The van der Waals surface area contributed by atoms with Gasteiger partial charge in [0.05, 0.1) is 15.8 Å². The molecule has 2 heterocycles. The monoisotopic (exact) mass is 296 g/mol. The van der Waals surface area contributed by atoms with Crippen molar-refractivity contribution in [3.63, 3.8) is 0 Å². The Morgan fingerprint density at radius 3 is 2.60 bits per heavy atom. The topological polar surface area (TPSA) is 45.8 Å². The van der Waals surface area contributed by atoms with Gasteiger partial charge < -0.3 is 4.98 Å². The number of alkyl halides is 3. The second-order valence-electron chi connectivity index (χ2n) is 4.14. The molecule has 0 aliphatic carbocycles. The highest BCUT2D eigenvalue weighted by Crippen LogP contribution is 2.34. The number of fused-ring (bicyclic) bond motifs is 1. The van der Waals surface area contributed by atoms with E-state index in [1.165, 1.54) is 29.7 Å². The van der Waals surface area contributed by atoms with E-state index in [-0.39, 0.29) is 5.56 Å². The molecule has 0 amide bonds. The van der Waals surface area contributed by atoms with Gasteiger partial charge in [0.2, 0.25) is 5.56 Å². The summed E-state index contributed by atoms with van der Waals surface area (Å²) in [4.78, 5) is 17.7. The Hall–Kier alpha value is -2.15. The summed E-state index contributed by atoms with van der Waals surface area (Å²) in [7, 11) is 0. The summed E-state index contributed by atoms with van der Waals surface area (Å²) in [6.45, 7) is 0. The molecule has 0 fully saturated rings. The number of pyridine rings is 1. The molecule has 0 spiro atoms. The highest BCUT2D eigenvalue weighted by Gasteiger charge is 2.30. The quantitative estimate of drug-likeness (QED) is 0.744. The van der Waals surface area contributed by atoms with Crippen LogP contribution in [0.4, 0.5) is 13.2 Å². The van der Waals surface area contributed by atoms with Crippen LogP contribution >= 0.6 is 11.3 Å². The maximum absolute atomic E-state index is 12.6. The third kappa shape index (κ3) is 2.32. The zero-order valence-corrected chi connectivity index (χ0v) is 10.7. The van der Waals surface area contributed by atoms with Gasteiger partial charge in [-0.3, -0.25) is 4.79 Å². The third-order valence-corrected chi connectivity index (χ3v) is 3.83. The number of benzene rings is 1. The molecule has 3 nitrogen and oxygen atoms in total. The molecule has 102 valence electrons. The second kappa shape index (κ2) is 4.45. The summed E-state index contributed by atoms with van der Waals surface area (Å²) in [5, 5.41) is 0.565. The third-order valence-electron chi connectivity index (χ3n) is 2.75. The Bertz CT molecular complexity index is 815. The molecule has 0 atom stereocenters. The Balaban J connectivity index is 2.11. The maximum Gasteiger partial charge on any atom is 0.416 e. The standard InChI is InChI=1S/C13H7F3N2OS/c14-13(15,16)8-2-3-10-9(5-8)18-12(20-10)7-1-4-11(19)17-6-7/h1-6H,(H,17,19). The summed E-state index contributed by atoms with van der Waals surface area (Å²) in [5.41, 5.74) is 0.00270. The van der Waals surface area contributed by atoms with Gasteiger partial charge in [-0.15, -0.1) is 11.3 Å². The number of halogens is 3. The molecular formula is C13H7F3N2OS. The number of hydrogen-bond donors (Lipinski definition) is 1. The van der Waals surface area contributed by atoms with Crippen LogP contribution in [-0.2, 0) is 6.18 Å². The number of aromatic amines is 1. The van der Waals surface area contributed by atoms with E-state index in [1.807, 2.05) is 0 Å². The van der Waals surface area contributed by atoms with Crippen LogP contribution in [0.3, 0.4) is 0 Å². The Labute approximate surface area is 114 Å². The fraction of sp³-hybridized carbons (Fsp3) is 0.0769. The van der Waals surface area contributed by atoms with E-state index in [4.69, 9.17) is 0 Å². The van der Waals surface area contributed by atoms with Crippen molar-refractivity contribution in [3.8, 4) is 10.6 Å². The number of nitrogens with one attached hydrogen (secondary N) is 1. The molecule has 0 aliphatic heterocycles. The highest BCUT2D eigenvalue weighted by molar-refractivity contribution is 7.21. The number of rotatable bonds is 1. The van der Waals surface area contributed by atoms with E-state index < -0.39 is 11.7 Å². The zero-order chi connectivity index (χ0) is 14.3. The Morgan fingerprint density at radius 1 is 1.15 bits per heavy atom. The lowest BCUT2D eigenvalue weighted by atomic mass is 10.2. The first-order chi connectivity index (χ1) is 9.43. The maximum atomic E-state index is 12.6. The molecule has 0 radical (unpaired) electrons. The minimum absolute atomic E-state index is 0.241. The molecule has 1 N–H and O–H groups in total. The van der Waals surface area contributed by atoms with Crippen molar-refractivity contribution in [1.82, 2.24) is 9.97 Å². The fourth-order valence-corrected chi connectivity index (χ4v) is 2.71. The molecule has 3 aromatic rings. The van der Waals surface area contributed by atoms with Crippen LogP contribution in [0.2, 0.25) is 0 Å². The Morgan fingerprint density at radius 2 is 1.95 bits per heavy atom. The van der Waals surface area contributed by atoms with Crippen LogP contribution in [0.25, 0.3) is 20.8 Å². The second-order valence-corrected chi connectivity index (χ2v) is 5.17. The predicted octanol–water partition coefficient (Wildman–Crippen LogP) is 3.67. The fourth-order valence-electron chi connectivity index (χ4n) is 1.77. The molecule has 0 aliphatic rings. The average molecular weight is 296 g/mol. The zero-order valence-electron chi connectivity index (χ0n) is 9.86. The van der Waals surface area contributed by atoms with Gasteiger partial charge in [-0.05, 0) is 24.3 Å². The van der Waals surface area contributed by atoms with E-state index in [2.05, 4.69) is 9.97 Å². The molecule has 2 aromatic heterocycles. The van der Waals surface area contributed by atoms with Crippen molar-refractivity contribution in [2.24, 2.45) is 0 Å². The largest absolute Gasteiger partial charge is 0.416 e. The summed E-state index contributed by atoms with van der Waals surface area (Å²) < 4.78 is 38.5. The minimum atomic E-state index is -4.38. The molecule has 1 aromatic carbocycles. The molecule has 0 bridgehead atoms. The summed E-state index contributed by atoms with van der Waals surface area (Å²) >= 11 is 1.28. The van der Waals surface area contributed by atoms with Crippen molar-refractivity contribution in [3.05, 3.63) is 52.4 Å². The van der Waals surface area contributed by atoms with E-state index >= 15 is 0 Å². The molecule has 7 heteroatoms. The number of nitrogens with zero attached hydrogens (tertiary/aromatic N) is 1. The summed E-state index contributed by atoms with van der Waals surface area (Å²) in [5.74, 6) is 0. The smallest absolute Gasteiger partial charge is 0.328 e. The van der Waals surface area contributed by atoms with Gasteiger partial charge in [0.15, 0.2) is 0 Å². The SMILES string of the molecule is O=c1ccc(-c2nc3cc(C(F)(F)F)ccc3s2)c[nH]1. The van der Waals surface area contributed by atoms with E-state index in [0.29, 0.717) is 20.8 Å². The van der Waals surface area contributed by atoms with Crippen LogP contribution < -0.4 is 5.56 Å². The van der Waals surface area contributed by atoms with Crippen molar-refractivity contribution in [1.29, 1.82) is 0 Å². The summed E-state index contributed by atoms with van der Waals surface area (Å²) in [6.07, 6.45) is -2.89. The first kappa shape index (κ1) is 12.9. The van der Waals surface area contributed by atoms with Crippen LogP contribution in [0, 0.1) is 0 Å². The molecule has 20 heavy (non-hydrogen) atoms. The molecule has 3 rings (SSSR count). The van der Waals surface area contributed by atoms with Gasteiger partial charge >= 0.3 is 6.18 Å². The van der Waals surface area contributed by atoms with Crippen molar-refractivity contribution >= 4 is 21.6 Å². The van der Waals surface area contributed by atoms with E-state index in [0.717, 1.165) is 12.1 Å². The lowest BCUT2D eigenvalue weighted by Gasteiger charge is -2.04. The molecular weight excluding hydrogens is 289 g/mol. The van der Waals surface area contributed by atoms with Crippen LogP contribution in [0.15, 0.2) is 41.3 Å². The van der Waals surface area contributed by atoms with Gasteiger partial charge in [-0.1, -0.05) is 0 Å². The van der Waals surface area contributed by atoms with Crippen LogP contribution in [0.5, 0.6) is 0 Å². The van der Waals surface area contributed by atoms with Crippen LogP contribution in [0.1, 0.15) is 5.56 Å². The first-order valence-electron chi connectivity index (χ1n) is 5.60. The number of thiazole rings is 1. The van der Waals surface area contributed by atoms with Gasteiger partial charge in [-0.25, -0.2) is 4.98 Å². The number of H-pyrrole nitrogens is 1. The summed E-state index contributed by atoms with van der Waals surface area (Å²) in [6, 6.07) is 6.41. The lowest BCUT2D eigenvalue weighted by Crippen LogP contribution is -2.03. The van der Waals surface area contributed by atoms with Gasteiger partial charge in [0.1, 0.15) is 5.01 Å². The molecule has 0 saturated heterocycles. The molecule has 0 saturated carbocycles. The van der Waals surface area contributed by atoms with E-state index in [9.17, 15) is 18.0 Å². The van der Waals surface area contributed by atoms with Crippen molar-refractivity contribution in [2.45, 2.75) is 6.18 Å². The lowest BCUT2D eigenvalue weighted by molar-refractivity contribution is -0.137. The van der Waals surface area contributed by atoms with Crippen molar-refractivity contribution in [2.75, 3.05) is 0 Å². The van der Waals surface area contributed by atoms with Gasteiger partial charge in [-0.2, -0.15) is 13.2 Å². The first-order valence-corrected chi connectivity index (χ1v) is 6.42. The van der Waals surface area contributed by atoms with Crippen LogP contribution in [-0.4, -0.2) is 9.97 Å². The average Bonchev–Trinajstić information content (AvgIpc) is 2.81. The van der Waals surface area contributed by atoms with E-state index in [1.54, 1.807) is 6.07 Å². The van der Waals surface area contributed by atoms with Crippen molar-refractivity contribution < 1.29 is 13.2 Å². The highest BCUT2D eigenvalue weighted by atomic mass is 32.1. The van der Waals surface area contributed by atoms with Gasteiger partial charge in [0, 0.05) is 17.8 Å².